The molecule has 0 aliphatic carbocycles. The Morgan fingerprint density at radius 3 is 2.88 bits per heavy atom. The Kier molecular flexibility index (Phi) is 6.49. The van der Waals surface area contributed by atoms with Crippen molar-refractivity contribution in [1.82, 2.24) is 10.2 Å². The molecule has 0 radical (unpaired) electrons. The number of aliphatic hydroxyl groups excluding tert-OH is 1. The number of nitrogens with one attached hydrogen (secondary N) is 1. The number of imide groups is 1. The van der Waals surface area contributed by atoms with Crippen LogP contribution in [0.3, 0.4) is 0 Å². The van der Waals surface area contributed by atoms with Crippen molar-refractivity contribution >= 4 is 18.2 Å². The van der Waals surface area contributed by atoms with Gasteiger partial charge < -0.3 is 10.0 Å². The van der Waals surface area contributed by atoms with Crippen LogP contribution in [0.15, 0.2) is 18.2 Å². The minimum atomic E-state index is -0.634. The van der Waals surface area contributed by atoms with Crippen LogP contribution >= 0.6 is 0 Å². The third-order valence-corrected chi connectivity index (χ3v) is 4.39. The van der Waals surface area contributed by atoms with Crippen LogP contribution in [-0.4, -0.2) is 40.9 Å². The monoisotopic (exact) mass is 332 g/mol. The lowest BCUT2D eigenvalue weighted by molar-refractivity contribution is -0.129. The molecule has 2 N–H and O–H groups in total. The molecule has 0 saturated carbocycles. The smallest absolute Gasteiger partial charge is 0.255 e. The SMILES string of the molecule is CCCC(C(=O)NC=O)N1Cc2c(CCCCO)cccc2C1=O. The van der Waals surface area contributed by atoms with Gasteiger partial charge in [0.2, 0.25) is 12.3 Å². The van der Waals surface area contributed by atoms with Crippen molar-refractivity contribution in [2.75, 3.05) is 6.61 Å². The van der Waals surface area contributed by atoms with Crippen molar-refractivity contribution in [3.05, 3.63) is 34.9 Å². The second kappa shape index (κ2) is 8.59. The molecule has 1 unspecified atom stereocenters. The van der Waals surface area contributed by atoms with E-state index >= 15 is 0 Å². The summed E-state index contributed by atoms with van der Waals surface area (Å²) in [6, 6.07) is 5.00. The summed E-state index contributed by atoms with van der Waals surface area (Å²) < 4.78 is 0. The molecule has 1 aromatic carbocycles. The third-order valence-electron chi connectivity index (χ3n) is 4.39. The molecule has 1 aromatic rings. The highest BCUT2D eigenvalue weighted by Crippen LogP contribution is 2.29. The number of fused-ring (bicyclic) bond motifs is 1. The maximum Gasteiger partial charge on any atom is 0.255 e. The van der Waals surface area contributed by atoms with E-state index < -0.39 is 11.9 Å². The van der Waals surface area contributed by atoms with Crippen LogP contribution in [0.1, 0.15) is 54.1 Å². The summed E-state index contributed by atoms with van der Waals surface area (Å²) in [5.41, 5.74) is 2.68. The van der Waals surface area contributed by atoms with Gasteiger partial charge in [0.15, 0.2) is 0 Å². The van der Waals surface area contributed by atoms with Crippen molar-refractivity contribution < 1.29 is 19.5 Å². The van der Waals surface area contributed by atoms with Gasteiger partial charge in [-0.15, -0.1) is 0 Å². The predicted molar refractivity (Wildman–Crippen MR) is 89.2 cm³/mol. The lowest BCUT2D eigenvalue weighted by atomic mass is 9.99. The average Bonchev–Trinajstić information content (AvgIpc) is 2.91. The summed E-state index contributed by atoms with van der Waals surface area (Å²) in [5.74, 6) is -0.594. The number of nitrogens with zero attached hydrogens (tertiary/aromatic N) is 1. The molecule has 1 aliphatic rings. The Morgan fingerprint density at radius 1 is 1.42 bits per heavy atom. The van der Waals surface area contributed by atoms with E-state index in [2.05, 4.69) is 5.32 Å². The fourth-order valence-electron chi connectivity index (χ4n) is 3.19. The number of hydrogen-bond acceptors (Lipinski definition) is 4. The number of aliphatic hydroxyl groups is 1. The van der Waals surface area contributed by atoms with E-state index in [1.54, 1.807) is 11.0 Å². The maximum absolute atomic E-state index is 12.7. The summed E-state index contributed by atoms with van der Waals surface area (Å²) in [5, 5.41) is 11.1. The Labute approximate surface area is 141 Å². The van der Waals surface area contributed by atoms with E-state index in [9.17, 15) is 14.4 Å². The van der Waals surface area contributed by atoms with Gasteiger partial charge in [0.05, 0.1) is 0 Å². The molecule has 1 atom stereocenters. The molecule has 1 heterocycles. The minimum absolute atomic E-state index is 0.157. The lowest BCUT2D eigenvalue weighted by Crippen LogP contribution is -2.46. The third kappa shape index (κ3) is 3.82. The second-order valence-corrected chi connectivity index (χ2v) is 5.99. The van der Waals surface area contributed by atoms with E-state index in [0.717, 1.165) is 36.8 Å². The molecule has 0 spiro atoms. The molecule has 0 fully saturated rings. The molecule has 3 amide bonds. The largest absolute Gasteiger partial charge is 0.396 e. The second-order valence-electron chi connectivity index (χ2n) is 5.99. The summed E-state index contributed by atoms with van der Waals surface area (Å²) >= 11 is 0. The van der Waals surface area contributed by atoms with E-state index in [1.165, 1.54) is 0 Å². The molecule has 6 heteroatoms. The molecule has 130 valence electrons. The molecule has 2 rings (SSSR count). The predicted octanol–water partition coefficient (Wildman–Crippen LogP) is 1.40. The molecule has 0 saturated heterocycles. The first-order chi connectivity index (χ1) is 11.6. The normalized spacial score (nSPS) is 14.4. The highest BCUT2D eigenvalue weighted by Gasteiger charge is 2.36. The Hall–Kier alpha value is -2.21. The maximum atomic E-state index is 12.7. The lowest BCUT2D eigenvalue weighted by Gasteiger charge is -2.25. The van der Waals surface area contributed by atoms with Gasteiger partial charge in [-0.25, -0.2) is 0 Å². The van der Waals surface area contributed by atoms with Crippen molar-refractivity contribution in [3.8, 4) is 0 Å². The van der Waals surface area contributed by atoms with Crippen molar-refractivity contribution in [1.29, 1.82) is 0 Å². The van der Waals surface area contributed by atoms with Crippen LogP contribution in [0.2, 0.25) is 0 Å². The quantitative estimate of drug-likeness (QED) is 0.529. The van der Waals surface area contributed by atoms with Crippen LogP contribution in [0.4, 0.5) is 0 Å². The Morgan fingerprint density at radius 2 is 2.21 bits per heavy atom. The number of aryl methyl sites for hydroxylation is 1. The number of carbonyl (C=O) groups is 3. The average molecular weight is 332 g/mol. The number of rotatable bonds is 9. The van der Waals surface area contributed by atoms with Gasteiger partial charge in [0.1, 0.15) is 6.04 Å². The first-order valence-electron chi connectivity index (χ1n) is 8.40. The van der Waals surface area contributed by atoms with Gasteiger partial charge in [0, 0.05) is 18.7 Å². The standard InChI is InChI=1S/C18H24N2O4/c1-2-6-16(17(23)19-12-22)20-11-15-13(7-3-4-10-21)8-5-9-14(15)18(20)24/h5,8-9,12,16,21H,2-4,6-7,10-11H2,1H3,(H,19,22,23). The number of unbranched alkanes of at least 4 members (excludes halogenated alkanes) is 1. The van der Waals surface area contributed by atoms with Gasteiger partial charge in [0.25, 0.3) is 5.91 Å². The minimum Gasteiger partial charge on any atom is -0.396 e. The molecule has 24 heavy (non-hydrogen) atoms. The number of hydrogen-bond donors (Lipinski definition) is 2. The van der Waals surface area contributed by atoms with E-state index in [4.69, 9.17) is 5.11 Å². The molecule has 0 aromatic heterocycles. The fourth-order valence-corrected chi connectivity index (χ4v) is 3.19. The topological polar surface area (TPSA) is 86.7 Å². The molecule has 6 nitrogen and oxygen atoms in total. The zero-order valence-electron chi connectivity index (χ0n) is 14.0. The number of benzene rings is 1. The highest BCUT2D eigenvalue weighted by atomic mass is 16.3. The summed E-state index contributed by atoms with van der Waals surface area (Å²) in [4.78, 5) is 37.0. The number of amides is 3. The van der Waals surface area contributed by atoms with Crippen LogP contribution in [-0.2, 0) is 22.6 Å². The molecular formula is C18H24N2O4. The number of carbonyl (C=O) groups excluding carboxylic acids is 3. The summed E-state index contributed by atoms with van der Waals surface area (Å²) in [6.07, 6.45) is 3.98. The van der Waals surface area contributed by atoms with E-state index in [1.807, 2.05) is 19.1 Å². The fraction of sp³-hybridized carbons (Fsp3) is 0.500. The van der Waals surface area contributed by atoms with Gasteiger partial charge in [-0.2, -0.15) is 0 Å². The van der Waals surface area contributed by atoms with Crippen LogP contribution < -0.4 is 5.32 Å². The van der Waals surface area contributed by atoms with Crippen LogP contribution in [0, 0.1) is 0 Å². The molecular weight excluding hydrogens is 308 g/mol. The van der Waals surface area contributed by atoms with Gasteiger partial charge in [-0.1, -0.05) is 25.5 Å². The Balaban J connectivity index is 2.23. The zero-order chi connectivity index (χ0) is 17.5. The molecule has 0 bridgehead atoms. The van der Waals surface area contributed by atoms with Crippen LogP contribution in [0.25, 0.3) is 0 Å². The van der Waals surface area contributed by atoms with Crippen molar-refractivity contribution in [2.24, 2.45) is 0 Å². The van der Waals surface area contributed by atoms with Gasteiger partial charge in [-0.05, 0) is 42.9 Å². The zero-order valence-corrected chi connectivity index (χ0v) is 14.0. The summed E-state index contributed by atoms with van der Waals surface area (Å²) in [6.45, 7) is 2.49. The van der Waals surface area contributed by atoms with Gasteiger partial charge in [-0.3, -0.25) is 19.7 Å². The van der Waals surface area contributed by atoms with Crippen molar-refractivity contribution in [3.63, 3.8) is 0 Å². The highest BCUT2D eigenvalue weighted by molar-refractivity contribution is 6.02. The van der Waals surface area contributed by atoms with E-state index in [-0.39, 0.29) is 12.5 Å². The van der Waals surface area contributed by atoms with Crippen molar-refractivity contribution in [2.45, 2.75) is 51.6 Å². The first-order valence-corrected chi connectivity index (χ1v) is 8.40. The molecule has 1 aliphatic heterocycles. The first kappa shape index (κ1) is 18.1. The van der Waals surface area contributed by atoms with Gasteiger partial charge >= 0.3 is 0 Å². The van der Waals surface area contributed by atoms with E-state index in [0.29, 0.717) is 24.9 Å². The summed E-state index contributed by atoms with van der Waals surface area (Å²) in [7, 11) is 0. The Bertz CT molecular complexity index is 615. The van der Waals surface area contributed by atoms with Crippen LogP contribution in [0.5, 0.6) is 0 Å².